The van der Waals surface area contributed by atoms with Crippen molar-refractivity contribution in [3.8, 4) is 5.88 Å². The number of aromatic nitrogens is 2. The second-order valence-corrected chi connectivity index (χ2v) is 3.59. The molecule has 0 saturated carbocycles. The molecule has 1 aromatic rings. The lowest BCUT2D eigenvalue weighted by molar-refractivity contribution is 0.394. The summed E-state index contributed by atoms with van der Waals surface area (Å²) in [6.07, 6.45) is 6.03. The summed E-state index contributed by atoms with van der Waals surface area (Å²) in [6, 6.07) is 1.80. The van der Waals surface area contributed by atoms with Gasteiger partial charge < -0.3 is 10.5 Å². The van der Waals surface area contributed by atoms with Crippen LogP contribution in [0.4, 0.5) is 0 Å². The van der Waals surface area contributed by atoms with Crippen molar-refractivity contribution in [3.63, 3.8) is 0 Å². The van der Waals surface area contributed by atoms with E-state index in [2.05, 4.69) is 16.9 Å². The predicted octanol–water partition coefficient (Wildman–Crippen LogP) is 2.07. The van der Waals surface area contributed by atoms with Crippen molar-refractivity contribution < 1.29 is 4.74 Å². The van der Waals surface area contributed by atoms with Gasteiger partial charge in [-0.3, -0.25) is 0 Å². The van der Waals surface area contributed by atoms with Gasteiger partial charge in [0.15, 0.2) is 0 Å². The van der Waals surface area contributed by atoms with Gasteiger partial charge in [-0.05, 0) is 6.42 Å². The molecule has 0 aliphatic carbocycles. The van der Waals surface area contributed by atoms with Crippen molar-refractivity contribution in [2.45, 2.75) is 38.6 Å². The first-order valence-corrected chi connectivity index (χ1v) is 5.39. The van der Waals surface area contributed by atoms with Crippen molar-refractivity contribution in [3.05, 3.63) is 18.1 Å². The second-order valence-electron chi connectivity index (χ2n) is 3.59. The summed E-state index contributed by atoms with van der Waals surface area (Å²) >= 11 is 0. The Morgan fingerprint density at radius 2 is 2.20 bits per heavy atom. The first-order chi connectivity index (χ1) is 7.27. The van der Waals surface area contributed by atoms with Gasteiger partial charge in [0.2, 0.25) is 5.88 Å². The molecule has 0 aliphatic heterocycles. The summed E-state index contributed by atoms with van der Waals surface area (Å²) in [7, 11) is 1.59. The lowest BCUT2D eigenvalue weighted by atomic mass is 10.1. The van der Waals surface area contributed by atoms with Gasteiger partial charge in [0.25, 0.3) is 0 Å². The van der Waals surface area contributed by atoms with Crippen LogP contribution in [-0.4, -0.2) is 17.1 Å². The van der Waals surface area contributed by atoms with Crippen LogP contribution in [0, 0.1) is 0 Å². The van der Waals surface area contributed by atoms with E-state index in [0.29, 0.717) is 5.88 Å². The van der Waals surface area contributed by atoms with E-state index in [9.17, 15) is 0 Å². The molecule has 1 atom stereocenters. The largest absolute Gasteiger partial charge is 0.481 e. The molecule has 0 aliphatic rings. The fourth-order valence-electron chi connectivity index (χ4n) is 1.43. The summed E-state index contributed by atoms with van der Waals surface area (Å²) in [5.74, 6) is 0.575. The zero-order valence-corrected chi connectivity index (χ0v) is 9.44. The van der Waals surface area contributed by atoms with Gasteiger partial charge in [-0.1, -0.05) is 26.2 Å². The minimum atomic E-state index is -0.00606. The molecule has 15 heavy (non-hydrogen) atoms. The number of methoxy groups -OCH3 is 1. The highest BCUT2D eigenvalue weighted by molar-refractivity contribution is 5.15. The number of hydrogen-bond donors (Lipinski definition) is 1. The molecule has 0 spiro atoms. The van der Waals surface area contributed by atoms with Crippen LogP contribution in [0.1, 0.15) is 44.3 Å². The van der Waals surface area contributed by atoms with Crippen molar-refractivity contribution in [2.24, 2.45) is 5.73 Å². The Morgan fingerprint density at radius 3 is 2.87 bits per heavy atom. The van der Waals surface area contributed by atoms with Gasteiger partial charge in [0.1, 0.15) is 6.33 Å². The molecule has 4 heteroatoms. The van der Waals surface area contributed by atoms with Crippen molar-refractivity contribution in [2.75, 3.05) is 7.11 Å². The second kappa shape index (κ2) is 6.35. The van der Waals surface area contributed by atoms with Crippen LogP contribution in [0.2, 0.25) is 0 Å². The highest BCUT2D eigenvalue weighted by Gasteiger charge is 2.08. The number of ether oxygens (including phenoxy) is 1. The molecule has 0 amide bonds. The number of nitrogens with zero attached hydrogens (tertiary/aromatic N) is 2. The van der Waals surface area contributed by atoms with E-state index in [0.717, 1.165) is 18.5 Å². The quantitative estimate of drug-likeness (QED) is 0.728. The Balaban J connectivity index is 2.52. The molecule has 4 nitrogen and oxygen atoms in total. The molecule has 0 saturated heterocycles. The van der Waals surface area contributed by atoms with E-state index in [1.165, 1.54) is 19.2 Å². The number of nitrogens with two attached hydrogens (primary N) is 1. The SMILES string of the molecule is CCCCCC(N)c1cc(OC)ncn1. The van der Waals surface area contributed by atoms with E-state index < -0.39 is 0 Å². The maximum absolute atomic E-state index is 6.01. The van der Waals surface area contributed by atoms with Crippen LogP contribution in [0.15, 0.2) is 12.4 Å². The maximum atomic E-state index is 6.01. The minimum Gasteiger partial charge on any atom is -0.481 e. The molecule has 0 bridgehead atoms. The molecule has 1 aromatic heterocycles. The molecule has 84 valence electrons. The average Bonchev–Trinajstić information content (AvgIpc) is 2.29. The van der Waals surface area contributed by atoms with Crippen LogP contribution >= 0.6 is 0 Å². The highest BCUT2D eigenvalue weighted by atomic mass is 16.5. The van der Waals surface area contributed by atoms with Gasteiger partial charge in [-0.25, -0.2) is 9.97 Å². The fraction of sp³-hybridized carbons (Fsp3) is 0.636. The molecule has 2 N–H and O–H groups in total. The van der Waals surface area contributed by atoms with E-state index in [4.69, 9.17) is 10.5 Å². The highest BCUT2D eigenvalue weighted by Crippen LogP contribution is 2.17. The minimum absolute atomic E-state index is 0.00606. The average molecular weight is 209 g/mol. The standard InChI is InChI=1S/C11H19N3O/c1-3-4-5-6-9(12)10-7-11(15-2)14-8-13-10/h7-9H,3-6,12H2,1-2H3. The third-order valence-electron chi connectivity index (χ3n) is 2.37. The van der Waals surface area contributed by atoms with Crippen molar-refractivity contribution in [1.82, 2.24) is 9.97 Å². The number of hydrogen-bond acceptors (Lipinski definition) is 4. The smallest absolute Gasteiger partial charge is 0.216 e. The zero-order valence-electron chi connectivity index (χ0n) is 9.44. The van der Waals surface area contributed by atoms with Crippen LogP contribution in [0.25, 0.3) is 0 Å². The predicted molar refractivity (Wildman–Crippen MR) is 59.7 cm³/mol. The topological polar surface area (TPSA) is 61.0 Å². The van der Waals surface area contributed by atoms with E-state index in [1.807, 2.05) is 0 Å². The Labute approximate surface area is 90.9 Å². The third kappa shape index (κ3) is 3.83. The van der Waals surface area contributed by atoms with Gasteiger partial charge in [0.05, 0.1) is 12.8 Å². The van der Waals surface area contributed by atoms with Crippen LogP contribution in [0.5, 0.6) is 5.88 Å². The lowest BCUT2D eigenvalue weighted by Gasteiger charge is -2.10. The lowest BCUT2D eigenvalue weighted by Crippen LogP contribution is -2.12. The first kappa shape index (κ1) is 11.9. The van der Waals surface area contributed by atoms with Crippen LogP contribution in [0.3, 0.4) is 0 Å². The number of unbranched alkanes of at least 4 members (excludes halogenated alkanes) is 2. The Kier molecular flexibility index (Phi) is 5.04. The maximum Gasteiger partial charge on any atom is 0.216 e. The summed E-state index contributed by atoms with van der Waals surface area (Å²) in [5.41, 5.74) is 6.87. The molecule has 0 aromatic carbocycles. The summed E-state index contributed by atoms with van der Waals surface area (Å²) < 4.78 is 5.02. The van der Waals surface area contributed by atoms with Gasteiger partial charge in [0, 0.05) is 12.1 Å². The van der Waals surface area contributed by atoms with E-state index in [1.54, 1.807) is 13.2 Å². The van der Waals surface area contributed by atoms with Gasteiger partial charge >= 0.3 is 0 Å². The third-order valence-corrected chi connectivity index (χ3v) is 2.37. The molecular formula is C11H19N3O. The monoisotopic (exact) mass is 209 g/mol. The summed E-state index contributed by atoms with van der Waals surface area (Å²) in [5, 5.41) is 0. The molecular weight excluding hydrogens is 190 g/mol. The summed E-state index contributed by atoms with van der Waals surface area (Å²) in [4.78, 5) is 8.10. The van der Waals surface area contributed by atoms with Crippen LogP contribution < -0.4 is 10.5 Å². The molecule has 0 fully saturated rings. The fourth-order valence-corrected chi connectivity index (χ4v) is 1.43. The van der Waals surface area contributed by atoms with Crippen molar-refractivity contribution in [1.29, 1.82) is 0 Å². The molecule has 0 radical (unpaired) electrons. The van der Waals surface area contributed by atoms with E-state index >= 15 is 0 Å². The molecule has 1 heterocycles. The Morgan fingerprint density at radius 1 is 1.40 bits per heavy atom. The zero-order chi connectivity index (χ0) is 11.1. The molecule has 1 unspecified atom stereocenters. The summed E-state index contributed by atoms with van der Waals surface area (Å²) in [6.45, 7) is 2.18. The normalized spacial score (nSPS) is 12.5. The van der Waals surface area contributed by atoms with Gasteiger partial charge in [-0.2, -0.15) is 0 Å². The van der Waals surface area contributed by atoms with Gasteiger partial charge in [-0.15, -0.1) is 0 Å². The van der Waals surface area contributed by atoms with E-state index in [-0.39, 0.29) is 6.04 Å². The van der Waals surface area contributed by atoms with Crippen LogP contribution in [-0.2, 0) is 0 Å². The molecule has 1 rings (SSSR count). The van der Waals surface area contributed by atoms with Crippen molar-refractivity contribution >= 4 is 0 Å². The number of rotatable bonds is 6. The Bertz CT molecular complexity index is 291. The Hall–Kier alpha value is -1.16. The first-order valence-electron chi connectivity index (χ1n) is 5.39.